The van der Waals surface area contributed by atoms with Gasteiger partial charge in [0.2, 0.25) is 0 Å². The molecule has 0 saturated heterocycles. The molecule has 0 radical (unpaired) electrons. The highest BCUT2D eigenvalue weighted by Crippen LogP contribution is 2.12. The van der Waals surface area contributed by atoms with Crippen molar-refractivity contribution in [2.45, 2.75) is 13.5 Å². The van der Waals surface area contributed by atoms with E-state index in [-0.39, 0.29) is 5.91 Å². The Bertz CT molecular complexity index is 544. The van der Waals surface area contributed by atoms with Gasteiger partial charge in [-0.3, -0.25) is 4.79 Å². The lowest BCUT2D eigenvalue weighted by Gasteiger charge is -2.07. The Labute approximate surface area is 113 Å². The van der Waals surface area contributed by atoms with Crippen molar-refractivity contribution < 1.29 is 9.53 Å². The molecule has 19 heavy (non-hydrogen) atoms. The quantitative estimate of drug-likeness (QED) is 0.896. The summed E-state index contributed by atoms with van der Waals surface area (Å²) < 4.78 is 7.11. The van der Waals surface area contributed by atoms with Crippen LogP contribution in [0.15, 0.2) is 42.6 Å². The maximum atomic E-state index is 12.0. The molecular weight excluding hydrogens is 240 g/mol. The van der Waals surface area contributed by atoms with Gasteiger partial charge in [0.1, 0.15) is 5.69 Å². The first-order valence-corrected chi connectivity index (χ1v) is 6.30. The Morgan fingerprint density at radius 2 is 2.00 bits per heavy atom. The summed E-state index contributed by atoms with van der Waals surface area (Å²) in [7, 11) is 1.85. The first-order valence-electron chi connectivity index (χ1n) is 6.30. The van der Waals surface area contributed by atoms with E-state index in [0.717, 1.165) is 11.3 Å². The average Bonchev–Trinajstić information content (AvgIpc) is 2.84. The van der Waals surface area contributed by atoms with Gasteiger partial charge in [-0.25, -0.2) is 0 Å². The molecule has 0 atom stereocenters. The smallest absolute Gasteiger partial charge is 0.272 e. The predicted octanol–water partition coefficient (Wildman–Crippen LogP) is 2.81. The molecule has 1 N–H and O–H groups in total. The predicted molar refractivity (Wildman–Crippen MR) is 75.1 cm³/mol. The van der Waals surface area contributed by atoms with E-state index in [4.69, 9.17) is 4.74 Å². The molecule has 2 rings (SSSR count). The third-order valence-electron chi connectivity index (χ3n) is 2.86. The lowest BCUT2D eigenvalue weighted by Crippen LogP contribution is -2.15. The van der Waals surface area contributed by atoms with E-state index in [2.05, 4.69) is 5.32 Å². The topological polar surface area (TPSA) is 43.3 Å². The van der Waals surface area contributed by atoms with Crippen LogP contribution >= 0.6 is 0 Å². The first kappa shape index (κ1) is 13.4. The van der Waals surface area contributed by atoms with Crippen LogP contribution in [0.4, 0.5) is 5.69 Å². The molecule has 4 heteroatoms. The van der Waals surface area contributed by atoms with Gasteiger partial charge in [-0.05, 0) is 36.8 Å². The number of amides is 1. The normalized spacial score (nSPS) is 10.4. The second-order valence-electron chi connectivity index (χ2n) is 4.29. The zero-order valence-corrected chi connectivity index (χ0v) is 11.2. The Balaban J connectivity index is 2.00. The number of nitrogens with zero attached hydrogens (tertiary/aromatic N) is 1. The van der Waals surface area contributed by atoms with Crippen LogP contribution in [0.3, 0.4) is 0 Å². The third-order valence-corrected chi connectivity index (χ3v) is 2.86. The van der Waals surface area contributed by atoms with E-state index in [1.165, 1.54) is 0 Å². The molecule has 0 saturated carbocycles. The molecule has 1 heterocycles. The summed E-state index contributed by atoms with van der Waals surface area (Å²) in [6.45, 7) is 3.27. The Kier molecular flexibility index (Phi) is 4.36. The number of ether oxygens (including phenoxy) is 1. The van der Waals surface area contributed by atoms with Crippen LogP contribution in [-0.2, 0) is 18.4 Å². The van der Waals surface area contributed by atoms with Crippen LogP contribution < -0.4 is 5.32 Å². The minimum Gasteiger partial charge on any atom is -0.377 e. The molecule has 0 fully saturated rings. The summed E-state index contributed by atoms with van der Waals surface area (Å²) in [5.74, 6) is -0.106. The fraction of sp³-hybridized carbons (Fsp3) is 0.267. The highest BCUT2D eigenvalue weighted by Gasteiger charge is 2.08. The summed E-state index contributed by atoms with van der Waals surface area (Å²) in [6, 6.07) is 11.3. The minimum absolute atomic E-state index is 0.106. The van der Waals surface area contributed by atoms with E-state index in [1.807, 2.05) is 50.5 Å². The molecule has 0 aliphatic heterocycles. The van der Waals surface area contributed by atoms with Crippen molar-refractivity contribution in [2.75, 3.05) is 11.9 Å². The second kappa shape index (κ2) is 6.20. The highest BCUT2D eigenvalue weighted by atomic mass is 16.5. The van der Waals surface area contributed by atoms with Crippen molar-refractivity contribution in [3.63, 3.8) is 0 Å². The molecule has 0 aliphatic rings. The summed E-state index contributed by atoms with van der Waals surface area (Å²) >= 11 is 0. The van der Waals surface area contributed by atoms with E-state index in [9.17, 15) is 4.79 Å². The number of hydrogen-bond acceptors (Lipinski definition) is 2. The number of nitrogens with one attached hydrogen (secondary N) is 1. The maximum Gasteiger partial charge on any atom is 0.272 e. The number of anilines is 1. The van der Waals surface area contributed by atoms with Crippen molar-refractivity contribution in [3.8, 4) is 0 Å². The van der Waals surface area contributed by atoms with Crippen LogP contribution in [0.2, 0.25) is 0 Å². The van der Waals surface area contributed by atoms with Crippen molar-refractivity contribution in [3.05, 3.63) is 53.9 Å². The number of hydrogen-bond donors (Lipinski definition) is 1. The maximum absolute atomic E-state index is 12.0. The van der Waals surface area contributed by atoms with Crippen LogP contribution in [0.1, 0.15) is 23.0 Å². The standard InChI is InChI=1S/C15H18N2O2/c1-3-19-11-12-6-8-13(9-7-12)16-15(18)14-5-4-10-17(14)2/h4-10H,3,11H2,1-2H3,(H,16,18). The van der Waals surface area contributed by atoms with Crippen LogP contribution in [0.25, 0.3) is 0 Å². The van der Waals surface area contributed by atoms with Gasteiger partial charge in [-0.1, -0.05) is 12.1 Å². The van der Waals surface area contributed by atoms with Gasteiger partial charge in [0.25, 0.3) is 5.91 Å². The van der Waals surface area contributed by atoms with Crippen molar-refractivity contribution in [1.82, 2.24) is 4.57 Å². The van der Waals surface area contributed by atoms with Crippen molar-refractivity contribution >= 4 is 11.6 Å². The van der Waals surface area contributed by atoms with Crippen molar-refractivity contribution in [2.24, 2.45) is 7.05 Å². The molecule has 100 valence electrons. The van der Waals surface area contributed by atoms with Crippen LogP contribution in [-0.4, -0.2) is 17.1 Å². The number of benzene rings is 1. The fourth-order valence-electron chi connectivity index (χ4n) is 1.80. The molecule has 4 nitrogen and oxygen atoms in total. The number of carbonyl (C=O) groups is 1. The monoisotopic (exact) mass is 258 g/mol. The number of aromatic nitrogens is 1. The van der Waals surface area contributed by atoms with Gasteiger partial charge in [-0.2, -0.15) is 0 Å². The van der Waals surface area contributed by atoms with E-state index in [1.54, 1.807) is 10.6 Å². The number of rotatable bonds is 5. The van der Waals surface area contributed by atoms with Gasteiger partial charge in [0, 0.05) is 25.5 Å². The largest absolute Gasteiger partial charge is 0.377 e. The second-order valence-corrected chi connectivity index (χ2v) is 4.29. The SMILES string of the molecule is CCOCc1ccc(NC(=O)c2cccn2C)cc1. The molecule has 1 amide bonds. The van der Waals surface area contributed by atoms with Gasteiger partial charge >= 0.3 is 0 Å². The average molecular weight is 258 g/mol. The molecular formula is C15H18N2O2. The van der Waals surface area contributed by atoms with E-state index < -0.39 is 0 Å². The molecule has 2 aromatic rings. The summed E-state index contributed by atoms with van der Waals surface area (Å²) in [6.07, 6.45) is 1.85. The summed E-state index contributed by atoms with van der Waals surface area (Å²) in [4.78, 5) is 12.0. The minimum atomic E-state index is -0.106. The van der Waals surface area contributed by atoms with Gasteiger partial charge in [0.15, 0.2) is 0 Å². The molecule has 1 aromatic carbocycles. The molecule has 0 aliphatic carbocycles. The van der Waals surface area contributed by atoms with E-state index in [0.29, 0.717) is 18.9 Å². The molecule has 0 bridgehead atoms. The third kappa shape index (κ3) is 3.45. The first-order chi connectivity index (χ1) is 9.20. The van der Waals surface area contributed by atoms with Gasteiger partial charge in [0.05, 0.1) is 6.61 Å². The molecule has 0 spiro atoms. The summed E-state index contributed by atoms with van der Waals surface area (Å²) in [5.41, 5.74) is 2.52. The van der Waals surface area contributed by atoms with E-state index >= 15 is 0 Å². The zero-order valence-electron chi connectivity index (χ0n) is 11.2. The fourth-order valence-corrected chi connectivity index (χ4v) is 1.80. The number of carbonyl (C=O) groups excluding carboxylic acids is 1. The highest BCUT2D eigenvalue weighted by molar-refractivity contribution is 6.03. The summed E-state index contributed by atoms with van der Waals surface area (Å²) in [5, 5.41) is 2.87. The lowest BCUT2D eigenvalue weighted by molar-refractivity contribution is 0.101. The van der Waals surface area contributed by atoms with Crippen molar-refractivity contribution in [1.29, 1.82) is 0 Å². The Morgan fingerprint density at radius 3 is 2.58 bits per heavy atom. The Morgan fingerprint density at radius 1 is 1.26 bits per heavy atom. The molecule has 1 aromatic heterocycles. The lowest BCUT2D eigenvalue weighted by atomic mass is 10.2. The van der Waals surface area contributed by atoms with Gasteiger partial charge in [-0.15, -0.1) is 0 Å². The number of aryl methyl sites for hydroxylation is 1. The van der Waals surface area contributed by atoms with Gasteiger partial charge < -0.3 is 14.6 Å². The zero-order chi connectivity index (χ0) is 13.7. The molecule has 0 unspecified atom stereocenters. The van der Waals surface area contributed by atoms with Crippen LogP contribution in [0, 0.1) is 0 Å². The van der Waals surface area contributed by atoms with Crippen LogP contribution in [0.5, 0.6) is 0 Å². The Hall–Kier alpha value is -2.07.